The van der Waals surface area contributed by atoms with Crippen molar-refractivity contribution in [2.75, 3.05) is 26.2 Å². The molecule has 53 heavy (non-hydrogen) atoms. The molecule has 1 spiro atoms. The number of urea groups is 1. The molecule has 300 valence electrons. The summed E-state index contributed by atoms with van der Waals surface area (Å²) in [5.41, 5.74) is 0.0484. The molecule has 12 atom stereocenters. The van der Waals surface area contributed by atoms with Crippen LogP contribution in [0.1, 0.15) is 145 Å². The highest BCUT2D eigenvalue weighted by Gasteiger charge is 2.69. The van der Waals surface area contributed by atoms with E-state index in [0.29, 0.717) is 53.7 Å². The molecule has 0 bridgehead atoms. The summed E-state index contributed by atoms with van der Waals surface area (Å²) in [4.78, 5) is 40.5. The Balaban J connectivity index is 0.932. The number of amides is 4. The van der Waals surface area contributed by atoms with Crippen molar-refractivity contribution in [2.45, 2.75) is 174 Å². The molecule has 5 aliphatic carbocycles. The topological polar surface area (TPSA) is 118 Å². The fraction of sp³-hybridized carbons (Fsp3) is 0.930. The van der Waals surface area contributed by atoms with Crippen LogP contribution < -0.4 is 16.0 Å². The summed E-state index contributed by atoms with van der Waals surface area (Å²) in [7, 11) is 0. The number of alkyl carbamates (subject to hydrolysis) is 1. The molecule has 7 fully saturated rings. The van der Waals surface area contributed by atoms with Crippen LogP contribution >= 0.6 is 0 Å². The maximum Gasteiger partial charge on any atom is 0.408 e. The second kappa shape index (κ2) is 15.1. The number of ether oxygens (including phenoxy) is 3. The Kier molecular flexibility index (Phi) is 11.2. The summed E-state index contributed by atoms with van der Waals surface area (Å²) in [5.74, 6) is 3.99. The Labute approximate surface area is 319 Å². The van der Waals surface area contributed by atoms with Gasteiger partial charge in [-0.15, -0.1) is 0 Å². The lowest BCUT2D eigenvalue weighted by Gasteiger charge is -2.61. The van der Waals surface area contributed by atoms with Crippen molar-refractivity contribution in [2.24, 2.45) is 52.3 Å². The predicted octanol–water partition coefficient (Wildman–Crippen LogP) is 7.79. The van der Waals surface area contributed by atoms with Crippen molar-refractivity contribution in [1.82, 2.24) is 20.9 Å². The van der Waals surface area contributed by atoms with Crippen LogP contribution in [0.2, 0.25) is 0 Å². The Morgan fingerprint density at radius 3 is 2.32 bits per heavy atom. The van der Waals surface area contributed by atoms with E-state index in [1.165, 1.54) is 51.4 Å². The number of hydrogen-bond donors (Lipinski definition) is 3. The highest BCUT2D eigenvalue weighted by Crippen LogP contribution is 2.71. The molecular formula is C43H72N4O6. The largest absolute Gasteiger partial charge is 0.444 e. The van der Waals surface area contributed by atoms with E-state index < -0.39 is 11.7 Å². The second-order valence-corrected chi connectivity index (χ2v) is 20.3. The molecule has 2 heterocycles. The molecule has 3 N–H and O–H groups in total. The van der Waals surface area contributed by atoms with Crippen LogP contribution in [0.5, 0.6) is 0 Å². The number of carbonyl (C=O) groups excluding carboxylic acids is 3. The summed E-state index contributed by atoms with van der Waals surface area (Å²) in [6.07, 6.45) is 17.2. The van der Waals surface area contributed by atoms with Gasteiger partial charge in [0.15, 0.2) is 5.79 Å². The minimum Gasteiger partial charge on any atom is -0.444 e. The summed E-state index contributed by atoms with van der Waals surface area (Å²) in [6, 6.07) is 0.413. The van der Waals surface area contributed by atoms with Crippen LogP contribution in [0.3, 0.4) is 0 Å². The van der Waals surface area contributed by atoms with Gasteiger partial charge < -0.3 is 35.1 Å². The highest BCUT2D eigenvalue weighted by atomic mass is 16.7. The maximum absolute atomic E-state index is 14.0. The van der Waals surface area contributed by atoms with Gasteiger partial charge in [-0.25, -0.2) is 9.59 Å². The summed E-state index contributed by atoms with van der Waals surface area (Å²) in [6.45, 7) is 16.9. The minimum atomic E-state index is -0.625. The maximum atomic E-state index is 14.0. The third-order valence-corrected chi connectivity index (χ3v) is 16.0. The van der Waals surface area contributed by atoms with E-state index in [1.54, 1.807) is 20.8 Å². The molecule has 0 unspecified atom stereocenters. The summed E-state index contributed by atoms with van der Waals surface area (Å²) in [5, 5.41) is 8.94. The number of nitrogens with zero attached hydrogens (tertiary/aromatic N) is 1. The number of fused-ring (bicyclic) bond motifs is 7. The quantitative estimate of drug-likeness (QED) is 0.245. The van der Waals surface area contributed by atoms with E-state index in [1.807, 2.05) is 4.90 Å². The van der Waals surface area contributed by atoms with Gasteiger partial charge in [0, 0.05) is 37.5 Å². The first kappa shape index (κ1) is 39.2. The fourth-order valence-corrected chi connectivity index (χ4v) is 13.4. The zero-order chi connectivity index (χ0) is 37.8. The SMILES string of the molecule is C[C@H]1CC[C@@]2(OC1)O[C@H]1C[C@H]3[C@@H]4CC[C@@H]5C[C@H](NC(=O)N(CCNC(=O)CNC(=O)OC(C)(C)C)C6CCCCC6)CC[C@]5(C)[C@H]4CC[C@]3(C)[C@H]1[C@@H]2C. The smallest absolute Gasteiger partial charge is 0.408 e. The van der Waals surface area contributed by atoms with Gasteiger partial charge in [-0.2, -0.15) is 0 Å². The lowest BCUT2D eigenvalue weighted by Crippen LogP contribution is -2.57. The van der Waals surface area contributed by atoms with E-state index in [0.717, 1.165) is 69.3 Å². The molecule has 2 aliphatic heterocycles. The molecular weight excluding hydrogens is 668 g/mol. The fourth-order valence-electron chi connectivity index (χ4n) is 13.4. The lowest BCUT2D eigenvalue weighted by molar-refractivity contribution is -0.273. The van der Waals surface area contributed by atoms with Crippen LogP contribution in [-0.2, 0) is 19.0 Å². The van der Waals surface area contributed by atoms with Gasteiger partial charge in [0.05, 0.1) is 19.3 Å². The monoisotopic (exact) mass is 741 g/mol. The third kappa shape index (κ3) is 7.72. The van der Waals surface area contributed by atoms with E-state index in [4.69, 9.17) is 14.2 Å². The molecule has 10 heteroatoms. The van der Waals surface area contributed by atoms with E-state index in [9.17, 15) is 14.4 Å². The zero-order valence-electron chi connectivity index (χ0n) is 34.1. The Bertz CT molecular complexity index is 1340. The molecule has 0 aromatic heterocycles. The van der Waals surface area contributed by atoms with Gasteiger partial charge in [-0.3, -0.25) is 4.79 Å². The zero-order valence-corrected chi connectivity index (χ0v) is 34.1. The first-order valence-electron chi connectivity index (χ1n) is 21.7. The van der Waals surface area contributed by atoms with Gasteiger partial charge in [0.25, 0.3) is 0 Å². The molecule has 0 radical (unpaired) electrons. The van der Waals surface area contributed by atoms with Crippen LogP contribution in [0.15, 0.2) is 0 Å². The third-order valence-electron chi connectivity index (χ3n) is 16.0. The van der Waals surface area contributed by atoms with Gasteiger partial charge >= 0.3 is 12.1 Å². The normalized spacial score (nSPS) is 42.4. The van der Waals surface area contributed by atoms with Crippen molar-refractivity contribution in [3.63, 3.8) is 0 Å². The first-order valence-corrected chi connectivity index (χ1v) is 21.7. The van der Waals surface area contributed by atoms with E-state index in [-0.39, 0.29) is 36.4 Å². The van der Waals surface area contributed by atoms with Gasteiger partial charge in [0.1, 0.15) is 5.60 Å². The number of carbonyl (C=O) groups is 3. The van der Waals surface area contributed by atoms with Crippen molar-refractivity contribution in [1.29, 1.82) is 0 Å². The van der Waals surface area contributed by atoms with Crippen molar-refractivity contribution in [3.05, 3.63) is 0 Å². The molecule has 7 aliphatic rings. The second-order valence-electron chi connectivity index (χ2n) is 20.3. The van der Waals surface area contributed by atoms with Crippen molar-refractivity contribution >= 4 is 18.0 Å². The van der Waals surface area contributed by atoms with Crippen LogP contribution in [0.25, 0.3) is 0 Å². The predicted molar refractivity (Wildman–Crippen MR) is 205 cm³/mol. The van der Waals surface area contributed by atoms with Crippen molar-refractivity contribution < 1.29 is 28.6 Å². The highest BCUT2D eigenvalue weighted by molar-refractivity contribution is 5.82. The molecule has 0 aromatic carbocycles. The lowest BCUT2D eigenvalue weighted by atomic mass is 9.44. The average Bonchev–Trinajstić information content (AvgIpc) is 3.56. The van der Waals surface area contributed by atoms with Gasteiger partial charge in [-0.05, 0) is 138 Å². The van der Waals surface area contributed by atoms with E-state index in [2.05, 4.69) is 43.6 Å². The first-order chi connectivity index (χ1) is 25.1. The minimum absolute atomic E-state index is 0.0227. The molecule has 0 aromatic rings. The summed E-state index contributed by atoms with van der Waals surface area (Å²) >= 11 is 0. The van der Waals surface area contributed by atoms with Crippen LogP contribution in [0.4, 0.5) is 9.59 Å². The van der Waals surface area contributed by atoms with Crippen LogP contribution in [-0.4, -0.2) is 78.7 Å². The van der Waals surface area contributed by atoms with E-state index >= 15 is 0 Å². The molecule has 5 saturated carbocycles. The van der Waals surface area contributed by atoms with Gasteiger partial charge in [-0.1, -0.05) is 47.0 Å². The molecule has 4 amide bonds. The number of hydrogen-bond acceptors (Lipinski definition) is 6. The van der Waals surface area contributed by atoms with Gasteiger partial charge in [0.2, 0.25) is 5.91 Å². The number of nitrogens with one attached hydrogen (secondary N) is 3. The Hall–Kier alpha value is -2.07. The number of rotatable bonds is 7. The summed E-state index contributed by atoms with van der Waals surface area (Å²) < 4.78 is 18.8. The Morgan fingerprint density at radius 2 is 1.60 bits per heavy atom. The van der Waals surface area contributed by atoms with Crippen LogP contribution in [0, 0.1) is 52.3 Å². The molecule has 7 rings (SSSR count). The average molecular weight is 741 g/mol. The van der Waals surface area contributed by atoms with Crippen molar-refractivity contribution in [3.8, 4) is 0 Å². The Morgan fingerprint density at radius 1 is 0.849 bits per heavy atom. The standard InChI is InChI=1S/C43H72N4O6/c1-27-15-20-43(51-26-27)28(2)37-35(52-43)24-34-32-14-13-29-23-30(16-18-41(29,6)33(32)17-19-42(34,37)7)46-38(49)47(31-11-9-8-10-12-31)22-21-44-36(48)25-45-39(50)53-40(3,4)5/h27-35,37H,8-26H2,1-7H3,(H,44,48)(H,45,50)(H,46,49)/t27-,28-,29+,30+,32+,33-,34-,35-,37-,41-,42-,43+/m0/s1. The molecule has 10 nitrogen and oxygen atoms in total. The molecule has 2 saturated heterocycles.